The highest BCUT2D eigenvalue weighted by atomic mass is 32.1. The highest BCUT2D eigenvalue weighted by Crippen LogP contribution is 2.28. The van der Waals surface area contributed by atoms with Crippen LogP contribution in [0.3, 0.4) is 0 Å². The molecule has 2 aromatic rings. The molecule has 17 heavy (non-hydrogen) atoms. The van der Waals surface area contributed by atoms with Gasteiger partial charge in [0.05, 0.1) is 16.8 Å². The van der Waals surface area contributed by atoms with Crippen LogP contribution in [0.25, 0.3) is 11.3 Å². The third-order valence-corrected chi connectivity index (χ3v) is 3.61. The van der Waals surface area contributed by atoms with E-state index in [-0.39, 0.29) is 0 Å². The molecular weight excluding hydrogens is 228 g/mol. The van der Waals surface area contributed by atoms with Crippen LogP contribution in [0, 0.1) is 25.2 Å². The fourth-order valence-corrected chi connectivity index (χ4v) is 2.74. The van der Waals surface area contributed by atoms with Crippen molar-refractivity contribution >= 4 is 11.3 Å². The first-order chi connectivity index (χ1) is 8.20. The minimum absolute atomic E-state index is 0.542. The van der Waals surface area contributed by atoms with E-state index in [1.165, 1.54) is 16.0 Å². The van der Waals surface area contributed by atoms with E-state index in [4.69, 9.17) is 5.26 Å². The second kappa shape index (κ2) is 5.11. The lowest BCUT2D eigenvalue weighted by Crippen LogP contribution is -1.84. The van der Waals surface area contributed by atoms with Crippen molar-refractivity contribution < 1.29 is 0 Å². The Balaban J connectivity index is 2.33. The van der Waals surface area contributed by atoms with Crippen LogP contribution < -0.4 is 0 Å². The van der Waals surface area contributed by atoms with Gasteiger partial charge in [0, 0.05) is 23.3 Å². The Bertz CT molecular complexity index is 564. The summed E-state index contributed by atoms with van der Waals surface area (Å²) in [6.45, 7) is 4.17. The largest absolute Gasteiger partial charge is 0.241 e. The van der Waals surface area contributed by atoms with Gasteiger partial charge in [-0.05, 0) is 19.9 Å². The predicted molar refractivity (Wildman–Crippen MR) is 71.0 cm³/mol. The monoisotopic (exact) mass is 242 g/mol. The van der Waals surface area contributed by atoms with Crippen LogP contribution in [0.5, 0.6) is 0 Å². The molecule has 2 rings (SSSR count). The zero-order valence-electron chi connectivity index (χ0n) is 10.0. The molecule has 0 bridgehead atoms. The molecule has 0 spiro atoms. The molecule has 0 aliphatic heterocycles. The van der Waals surface area contributed by atoms with Crippen molar-refractivity contribution in [1.82, 2.24) is 4.98 Å². The molecule has 0 fully saturated rings. The van der Waals surface area contributed by atoms with E-state index in [1.54, 1.807) is 11.3 Å². The first-order valence-electron chi connectivity index (χ1n) is 5.61. The van der Waals surface area contributed by atoms with Crippen molar-refractivity contribution in [2.75, 3.05) is 0 Å². The summed E-state index contributed by atoms with van der Waals surface area (Å²) in [4.78, 5) is 5.85. The van der Waals surface area contributed by atoms with Gasteiger partial charge in [0.15, 0.2) is 0 Å². The first-order valence-corrected chi connectivity index (χ1v) is 6.42. The summed E-state index contributed by atoms with van der Waals surface area (Å²) in [5.41, 5.74) is 3.47. The van der Waals surface area contributed by atoms with E-state index in [9.17, 15) is 0 Å². The van der Waals surface area contributed by atoms with E-state index in [1.807, 2.05) is 0 Å². The van der Waals surface area contributed by atoms with Crippen molar-refractivity contribution in [1.29, 1.82) is 5.26 Å². The van der Waals surface area contributed by atoms with Gasteiger partial charge in [-0.2, -0.15) is 5.26 Å². The molecular formula is C14H14N2S. The summed E-state index contributed by atoms with van der Waals surface area (Å²) in [6.07, 6.45) is 1.30. The number of hydrogen-bond donors (Lipinski definition) is 0. The summed E-state index contributed by atoms with van der Waals surface area (Å²) >= 11 is 1.69. The number of nitriles is 1. The average molecular weight is 242 g/mol. The molecule has 1 heterocycles. The number of benzene rings is 1. The number of aryl methyl sites for hydroxylation is 3. The van der Waals surface area contributed by atoms with Gasteiger partial charge >= 0.3 is 0 Å². The van der Waals surface area contributed by atoms with Gasteiger partial charge in [-0.25, -0.2) is 4.98 Å². The normalized spacial score (nSPS) is 10.2. The fraction of sp³-hybridized carbons (Fsp3) is 0.286. The number of hydrogen-bond acceptors (Lipinski definition) is 3. The molecule has 1 aromatic carbocycles. The minimum Gasteiger partial charge on any atom is -0.241 e. The van der Waals surface area contributed by atoms with Gasteiger partial charge in [0.25, 0.3) is 0 Å². The van der Waals surface area contributed by atoms with Crippen LogP contribution in [0.2, 0.25) is 0 Å². The Labute approximate surface area is 106 Å². The van der Waals surface area contributed by atoms with Crippen molar-refractivity contribution in [3.8, 4) is 17.3 Å². The number of aromatic nitrogens is 1. The molecule has 0 N–H and O–H groups in total. The standard InChI is InChI=1S/C14H14N2S/c1-10-5-3-6-12(9-10)14-11(2)17-13(16-14)7-4-8-15/h3,5-6,9H,4,7H2,1-2H3. The number of thiazole rings is 1. The second-order valence-corrected chi connectivity index (χ2v) is 5.33. The molecule has 0 unspecified atom stereocenters. The molecule has 1 aromatic heterocycles. The number of rotatable bonds is 3. The number of nitrogens with zero attached hydrogens (tertiary/aromatic N) is 2. The van der Waals surface area contributed by atoms with Gasteiger partial charge in [0.1, 0.15) is 0 Å². The van der Waals surface area contributed by atoms with Crippen LogP contribution in [-0.2, 0) is 6.42 Å². The quantitative estimate of drug-likeness (QED) is 0.819. The molecule has 0 saturated heterocycles. The molecule has 0 radical (unpaired) electrons. The van der Waals surface area contributed by atoms with Crippen molar-refractivity contribution in [3.63, 3.8) is 0 Å². The van der Waals surface area contributed by atoms with Gasteiger partial charge in [0.2, 0.25) is 0 Å². The fourth-order valence-electron chi connectivity index (χ4n) is 1.78. The Kier molecular flexibility index (Phi) is 3.55. The van der Waals surface area contributed by atoms with Gasteiger partial charge in [-0.3, -0.25) is 0 Å². The molecule has 0 aliphatic rings. The Morgan fingerprint density at radius 2 is 2.18 bits per heavy atom. The highest BCUT2D eigenvalue weighted by molar-refractivity contribution is 7.12. The lowest BCUT2D eigenvalue weighted by Gasteiger charge is -1.99. The first kappa shape index (κ1) is 11.8. The van der Waals surface area contributed by atoms with E-state index >= 15 is 0 Å². The summed E-state index contributed by atoms with van der Waals surface area (Å²) in [5.74, 6) is 0. The summed E-state index contributed by atoms with van der Waals surface area (Å²) in [6, 6.07) is 10.5. The van der Waals surface area contributed by atoms with Crippen LogP contribution in [0.4, 0.5) is 0 Å². The second-order valence-electron chi connectivity index (χ2n) is 4.04. The Morgan fingerprint density at radius 1 is 1.35 bits per heavy atom. The van der Waals surface area contributed by atoms with Crippen molar-refractivity contribution in [2.24, 2.45) is 0 Å². The van der Waals surface area contributed by atoms with Gasteiger partial charge < -0.3 is 0 Å². The van der Waals surface area contributed by atoms with Gasteiger partial charge in [-0.1, -0.05) is 23.8 Å². The highest BCUT2D eigenvalue weighted by Gasteiger charge is 2.09. The molecule has 0 atom stereocenters. The lowest BCUT2D eigenvalue weighted by atomic mass is 10.1. The Hall–Kier alpha value is -1.66. The van der Waals surface area contributed by atoms with E-state index in [0.717, 1.165) is 17.1 Å². The molecule has 3 heteroatoms. The van der Waals surface area contributed by atoms with Crippen molar-refractivity contribution in [3.05, 3.63) is 39.7 Å². The van der Waals surface area contributed by atoms with E-state index in [2.05, 4.69) is 49.2 Å². The molecule has 86 valence electrons. The summed E-state index contributed by atoms with van der Waals surface area (Å²) in [5, 5.41) is 9.64. The van der Waals surface area contributed by atoms with Crippen LogP contribution in [0.15, 0.2) is 24.3 Å². The lowest BCUT2D eigenvalue weighted by molar-refractivity contribution is 0.990. The minimum atomic E-state index is 0.542. The summed E-state index contributed by atoms with van der Waals surface area (Å²) < 4.78 is 0. The van der Waals surface area contributed by atoms with Crippen LogP contribution in [0.1, 0.15) is 21.9 Å². The maximum Gasteiger partial charge on any atom is 0.0945 e. The molecule has 0 amide bonds. The van der Waals surface area contributed by atoms with E-state index < -0.39 is 0 Å². The Morgan fingerprint density at radius 3 is 2.88 bits per heavy atom. The summed E-state index contributed by atoms with van der Waals surface area (Å²) in [7, 11) is 0. The smallest absolute Gasteiger partial charge is 0.0945 e. The third kappa shape index (κ3) is 2.72. The zero-order chi connectivity index (χ0) is 12.3. The maximum absolute atomic E-state index is 8.58. The third-order valence-electron chi connectivity index (χ3n) is 2.58. The molecule has 2 nitrogen and oxygen atoms in total. The van der Waals surface area contributed by atoms with Gasteiger partial charge in [-0.15, -0.1) is 11.3 Å². The maximum atomic E-state index is 8.58. The molecule has 0 aliphatic carbocycles. The SMILES string of the molecule is Cc1cccc(-c2nc(CCC#N)sc2C)c1. The predicted octanol–water partition coefficient (Wildman–Crippen LogP) is 3.88. The van der Waals surface area contributed by atoms with Crippen molar-refractivity contribution in [2.45, 2.75) is 26.7 Å². The topological polar surface area (TPSA) is 36.7 Å². The molecule has 0 saturated carbocycles. The van der Waals surface area contributed by atoms with E-state index in [0.29, 0.717) is 6.42 Å². The zero-order valence-corrected chi connectivity index (χ0v) is 10.8. The average Bonchev–Trinajstić information content (AvgIpc) is 2.68. The van der Waals surface area contributed by atoms with Crippen LogP contribution in [-0.4, -0.2) is 4.98 Å². The van der Waals surface area contributed by atoms with Crippen LogP contribution >= 0.6 is 11.3 Å².